The third-order valence-corrected chi connectivity index (χ3v) is 5.63. The Balaban J connectivity index is 1.50. The Hall–Kier alpha value is -1.91. The van der Waals surface area contributed by atoms with Crippen LogP contribution in [0.5, 0.6) is 5.88 Å². The maximum Gasteiger partial charge on any atom is 0.212 e. The summed E-state index contributed by atoms with van der Waals surface area (Å²) in [5, 5.41) is 9.95. The molecule has 1 aromatic heterocycles. The first kappa shape index (κ1) is 16.6. The maximum atomic E-state index is 9.95. The average molecular weight is 338 g/mol. The molecule has 1 fully saturated rings. The second-order valence-corrected chi connectivity index (χ2v) is 7.26. The number of β-amino-alcohol motifs (C(OH)–C–C–N with tert-alkyl or cyclic N) is 1. The normalized spacial score (nSPS) is 23.9. The van der Waals surface area contributed by atoms with Crippen LogP contribution in [0, 0.1) is 0 Å². The number of benzene rings is 1. The number of methoxy groups -OCH3 is 1. The number of aromatic nitrogens is 1. The van der Waals surface area contributed by atoms with E-state index in [2.05, 4.69) is 34.1 Å². The zero-order valence-electron chi connectivity index (χ0n) is 14.8. The van der Waals surface area contributed by atoms with Gasteiger partial charge >= 0.3 is 0 Å². The number of aliphatic hydroxyl groups is 1. The minimum Gasteiger partial charge on any atom is -0.481 e. The molecule has 2 heterocycles. The van der Waals surface area contributed by atoms with E-state index < -0.39 is 0 Å². The van der Waals surface area contributed by atoms with Crippen LogP contribution in [-0.2, 0) is 12.8 Å². The summed E-state index contributed by atoms with van der Waals surface area (Å²) in [6, 6.07) is 11.4. The lowest BCUT2D eigenvalue weighted by Gasteiger charge is -2.39. The molecule has 0 bridgehead atoms. The van der Waals surface area contributed by atoms with Crippen LogP contribution in [0.15, 0.2) is 36.5 Å². The molecule has 0 amide bonds. The minimum absolute atomic E-state index is 0.139. The van der Waals surface area contributed by atoms with Gasteiger partial charge in [0.1, 0.15) is 0 Å². The third-order valence-electron chi connectivity index (χ3n) is 5.63. The smallest absolute Gasteiger partial charge is 0.212 e. The highest BCUT2D eigenvalue weighted by molar-refractivity contribution is 5.64. The van der Waals surface area contributed by atoms with Crippen LogP contribution in [0.25, 0.3) is 11.1 Å². The maximum absolute atomic E-state index is 9.95. The summed E-state index contributed by atoms with van der Waals surface area (Å²) in [5.41, 5.74) is 5.27. The van der Waals surface area contributed by atoms with E-state index in [0.29, 0.717) is 11.9 Å². The topological polar surface area (TPSA) is 45.6 Å². The van der Waals surface area contributed by atoms with Crippen molar-refractivity contribution in [2.75, 3.05) is 20.2 Å². The van der Waals surface area contributed by atoms with Crippen molar-refractivity contribution in [3.63, 3.8) is 0 Å². The standard InChI is InChI=1S/C21H26N2O2/c1-25-21-9-7-18(13-22-21)16-4-5-17-12-19(8-6-15(17)11-16)23-10-2-3-20(24)14-23/h4-5,7,9,11,13,19-20,24H,2-3,6,8,10,12,14H2,1H3. The van der Waals surface area contributed by atoms with Gasteiger partial charge in [0.05, 0.1) is 13.2 Å². The van der Waals surface area contributed by atoms with Gasteiger partial charge in [-0.15, -0.1) is 0 Å². The van der Waals surface area contributed by atoms with E-state index in [1.54, 1.807) is 7.11 Å². The molecule has 4 nitrogen and oxygen atoms in total. The van der Waals surface area contributed by atoms with Gasteiger partial charge in [0.15, 0.2) is 0 Å². The van der Waals surface area contributed by atoms with Gasteiger partial charge in [-0.1, -0.05) is 18.2 Å². The van der Waals surface area contributed by atoms with Crippen LogP contribution in [0.1, 0.15) is 30.4 Å². The van der Waals surface area contributed by atoms with Crippen molar-refractivity contribution >= 4 is 0 Å². The molecule has 2 unspecified atom stereocenters. The van der Waals surface area contributed by atoms with E-state index in [1.165, 1.54) is 23.1 Å². The van der Waals surface area contributed by atoms with Crippen LogP contribution in [0.3, 0.4) is 0 Å². The molecule has 0 radical (unpaired) electrons. The highest BCUT2D eigenvalue weighted by Crippen LogP contribution is 2.30. The number of nitrogens with zero attached hydrogens (tertiary/aromatic N) is 2. The van der Waals surface area contributed by atoms with Crippen molar-refractivity contribution in [3.8, 4) is 17.0 Å². The van der Waals surface area contributed by atoms with E-state index in [9.17, 15) is 5.11 Å². The summed E-state index contributed by atoms with van der Waals surface area (Å²) >= 11 is 0. The number of hydrogen-bond acceptors (Lipinski definition) is 4. The first-order chi connectivity index (χ1) is 12.2. The van der Waals surface area contributed by atoms with Crippen molar-refractivity contribution in [2.45, 2.75) is 44.2 Å². The van der Waals surface area contributed by atoms with E-state index in [-0.39, 0.29) is 6.10 Å². The predicted molar refractivity (Wildman–Crippen MR) is 98.9 cm³/mol. The van der Waals surface area contributed by atoms with Gasteiger partial charge in [-0.05, 0) is 61.4 Å². The molecule has 0 spiro atoms. The SMILES string of the molecule is COc1ccc(-c2ccc3c(c2)CCC(N2CCCC(O)C2)C3)cn1. The van der Waals surface area contributed by atoms with Crippen LogP contribution < -0.4 is 4.74 Å². The van der Waals surface area contributed by atoms with E-state index in [0.717, 1.165) is 44.3 Å². The fraction of sp³-hybridized carbons (Fsp3) is 0.476. The van der Waals surface area contributed by atoms with Gasteiger partial charge in [0.25, 0.3) is 0 Å². The highest BCUT2D eigenvalue weighted by atomic mass is 16.5. The van der Waals surface area contributed by atoms with Gasteiger partial charge in [0, 0.05) is 30.4 Å². The van der Waals surface area contributed by atoms with Gasteiger partial charge in [-0.2, -0.15) is 0 Å². The predicted octanol–water partition coefficient (Wildman–Crippen LogP) is 3.07. The fourth-order valence-electron chi connectivity index (χ4n) is 4.21. The molecule has 1 aliphatic heterocycles. The molecule has 1 aliphatic carbocycles. The molecule has 1 aromatic carbocycles. The molecule has 2 aliphatic rings. The molecular weight excluding hydrogens is 312 g/mol. The number of hydrogen-bond donors (Lipinski definition) is 1. The first-order valence-corrected chi connectivity index (χ1v) is 9.27. The lowest BCUT2D eigenvalue weighted by Crippen LogP contribution is -2.46. The first-order valence-electron chi connectivity index (χ1n) is 9.27. The van der Waals surface area contributed by atoms with Gasteiger partial charge in [-0.3, -0.25) is 4.90 Å². The third kappa shape index (κ3) is 3.55. The summed E-state index contributed by atoms with van der Waals surface area (Å²) < 4.78 is 5.14. The summed E-state index contributed by atoms with van der Waals surface area (Å²) in [4.78, 5) is 6.81. The van der Waals surface area contributed by atoms with Crippen molar-refractivity contribution in [2.24, 2.45) is 0 Å². The van der Waals surface area contributed by atoms with Crippen molar-refractivity contribution in [1.29, 1.82) is 0 Å². The van der Waals surface area contributed by atoms with Crippen molar-refractivity contribution in [1.82, 2.24) is 9.88 Å². The average Bonchev–Trinajstić information content (AvgIpc) is 2.67. The Morgan fingerprint density at radius 1 is 1.12 bits per heavy atom. The Bertz CT molecular complexity index is 729. The van der Waals surface area contributed by atoms with Gasteiger partial charge in [-0.25, -0.2) is 4.98 Å². The quantitative estimate of drug-likeness (QED) is 0.934. The lowest BCUT2D eigenvalue weighted by atomic mass is 9.85. The van der Waals surface area contributed by atoms with Crippen LogP contribution in [0.4, 0.5) is 0 Å². The summed E-state index contributed by atoms with van der Waals surface area (Å²) in [5.74, 6) is 0.647. The molecule has 2 atom stereocenters. The lowest BCUT2D eigenvalue weighted by molar-refractivity contribution is 0.0427. The Morgan fingerprint density at radius 2 is 2.00 bits per heavy atom. The van der Waals surface area contributed by atoms with Crippen molar-refractivity contribution < 1.29 is 9.84 Å². The molecule has 1 saturated heterocycles. The number of aryl methyl sites for hydroxylation is 1. The van der Waals surface area contributed by atoms with Crippen LogP contribution in [0.2, 0.25) is 0 Å². The van der Waals surface area contributed by atoms with Gasteiger partial charge < -0.3 is 9.84 Å². The van der Waals surface area contributed by atoms with Crippen molar-refractivity contribution in [3.05, 3.63) is 47.7 Å². The van der Waals surface area contributed by atoms with Crippen LogP contribution in [-0.4, -0.2) is 47.3 Å². The number of piperidine rings is 1. The number of ether oxygens (including phenoxy) is 1. The Labute approximate surface area is 149 Å². The zero-order chi connectivity index (χ0) is 17.2. The summed E-state index contributed by atoms with van der Waals surface area (Å²) in [7, 11) is 1.64. The molecule has 25 heavy (non-hydrogen) atoms. The Morgan fingerprint density at radius 3 is 2.76 bits per heavy atom. The fourth-order valence-corrected chi connectivity index (χ4v) is 4.21. The van der Waals surface area contributed by atoms with Gasteiger partial charge in [0.2, 0.25) is 5.88 Å². The monoisotopic (exact) mass is 338 g/mol. The van der Waals surface area contributed by atoms with E-state index >= 15 is 0 Å². The zero-order valence-corrected chi connectivity index (χ0v) is 14.8. The Kier molecular flexibility index (Phi) is 4.73. The summed E-state index contributed by atoms with van der Waals surface area (Å²) in [6.45, 7) is 1.97. The molecule has 0 saturated carbocycles. The number of pyridine rings is 1. The number of fused-ring (bicyclic) bond motifs is 1. The largest absolute Gasteiger partial charge is 0.481 e. The molecule has 132 valence electrons. The van der Waals surface area contributed by atoms with E-state index in [4.69, 9.17) is 4.74 Å². The molecule has 4 rings (SSSR count). The molecule has 2 aromatic rings. The second kappa shape index (κ2) is 7.14. The number of likely N-dealkylation sites (tertiary alicyclic amines) is 1. The van der Waals surface area contributed by atoms with Crippen LogP contribution >= 0.6 is 0 Å². The summed E-state index contributed by atoms with van der Waals surface area (Å²) in [6.07, 6.45) is 7.21. The van der Waals surface area contributed by atoms with E-state index in [1.807, 2.05) is 12.3 Å². The molecule has 1 N–H and O–H groups in total. The minimum atomic E-state index is -0.139. The second-order valence-electron chi connectivity index (χ2n) is 7.26. The molecule has 4 heteroatoms. The highest BCUT2D eigenvalue weighted by Gasteiger charge is 2.28. The molecular formula is C21H26N2O2. The number of aliphatic hydroxyl groups excluding tert-OH is 1. The number of rotatable bonds is 3.